The number of furan rings is 1. The van der Waals surface area contributed by atoms with Gasteiger partial charge in [-0.1, -0.05) is 46.9 Å². The van der Waals surface area contributed by atoms with Crippen LogP contribution in [-0.4, -0.2) is 10.9 Å². The van der Waals surface area contributed by atoms with E-state index in [4.69, 9.17) is 39.2 Å². The lowest BCUT2D eigenvalue weighted by Gasteiger charge is -2.02. The summed E-state index contributed by atoms with van der Waals surface area (Å²) in [5.74, 6) is 0.327. The van der Waals surface area contributed by atoms with E-state index in [1.54, 1.807) is 36.5 Å². The summed E-state index contributed by atoms with van der Waals surface area (Å²) in [4.78, 5) is 17.8. The summed E-state index contributed by atoms with van der Waals surface area (Å²) >= 11 is 19.6. The van der Waals surface area contributed by atoms with E-state index in [0.29, 0.717) is 27.4 Å². The number of hydrogen-bond donors (Lipinski definition) is 1. The second-order valence-corrected chi connectivity index (χ2v) is 8.98. The predicted molar refractivity (Wildman–Crippen MR) is 123 cm³/mol. The smallest absolute Gasteiger partial charge is 0.293 e. The predicted octanol–water partition coefficient (Wildman–Crippen LogP) is 7.51. The molecular formula is C22H15Cl3N2O2S. The van der Waals surface area contributed by atoms with Gasteiger partial charge in [0.2, 0.25) is 0 Å². The van der Waals surface area contributed by atoms with Gasteiger partial charge in [-0.25, -0.2) is 4.98 Å². The van der Waals surface area contributed by atoms with Gasteiger partial charge in [-0.05, 0) is 54.4 Å². The van der Waals surface area contributed by atoms with Crippen LogP contribution in [0.25, 0.3) is 11.3 Å². The highest BCUT2D eigenvalue weighted by Gasteiger charge is 2.15. The van der Waals surface area contributed by atoms with Crippen molar-refractivity contribution < 1.29 is 9.21 Å². The van der Waals surface area contributed by atoms with Crippen molar-refractivity contribution in [2.24, 2.45) is 0 Å². The van der Waals surface area contributed by atoms with Crippen LogP contribution in [0.3, 0.4) is 0 Å². The van der Waals surface area contributed by atoms with Gasteiger partial charge in [0.1, 0.15) is 5.76 Å². The van der Waals surface area contributed by atoms with Crippen LogP contribution in [0.1, 0.15) is 26.6 Å². The Balaban J connectivity index is 1.44. The number of thiazole rings is 1. The number of carbonyl (C=O) groups is 1. The Labute approximate surface area is 192 Å². The van der Waals surface area contributed by atoms with Crippen molar-refractivity contribution in [1.82, 2.24) is 4.98 Å². The van der Waals surface area contributed by atoms with Crippen molar-refractivity contribution in [2.45, 2.75) is 13.3 Å². The molecule has 4 rings (SSSR count). The Bertz CT molecular complexity index is 1230. The second kappa shape index (κ2) is 8.82. The summed E-state index contributed by atoms with van der Waals surface area (Å²) in [5, 5.41) is 4.88. The van der Waals surface area contributed by atoms with Gasteiger partial charge in [-0.3, -0.25) is 10.1 Å². The number of anilines is 1. The molecule has 2 heterocycles. The zero-order valence-corrected chi connectivity index (χ0v) is 18.8. The molecule has 0 aliphatic heterocycles. The van der Waals surface area contributed by atoms with Crippen LogP contribution < -0.4 is 5.32 Å². The second-order valence-electron chi connectivity index (χ2n) is 6.64. The van der Waals surface area contributed by atoms with Crippen molar-refractivity contribution in [3.8, 4) is 11.3 Å². The summed E-state index contributed by atoms with van der Waals surface area (Å²) < 4.78 is 5.67. The molecule has 2 aromatic carbocycles. The van der Waals surface area contributed by atoms with Crippen LogP contribution in [0.5, 0.6) is 0 Å². The van der Waals surface area contributed by atoms with E-state index in [9.17, 15) is 4.79 Å². The van der Waals surface area contributed by atoms with Crippen molar-refractivity contribution in [3.63, 3.8) is 0 Å². The highest BCUT2D eigenvalue weighted by atomic mass is 35.5. The van der Waals surface area contributed by atoms with Crippen LogP contribution >= 0.6 is 46.1 Å². The van der Waals surface area contributed by atoms with Gasteiger partial charge < -0.3 is 4.42 Å². The zero-order chi connectivity index (χ0) is 21.3. The lowest BCUT2D eigenvalue weighted by molar-refractivity contribution is 0.0997. The molecule has 0 bridgehead atoms. The van der Waals surface area contributed by atoms with Crippen LogP contribution in [0.15, 0.2) is 59.1 Å². The van der Waals surface area contributed by atoms with E-state index in [1.807, 2.05) is 25.1 Å². The standard InChI is InChI=1S/C22H15Cl3N2O2S/c1-12-2-3-13(9-17(12)24)8-15-11-26-22(30-15)27-21(28)20-7-6-19(29-20)14-4-5-16(23)18(25)10-14/h2-7,9-11H,8H2,1H3,(H,26,27,28). The number of nitrogens with one attached hydrogen (secondary N) is 1. The molecule has 0 atom stereocenters. The number of nitrogens with zero attached hydrogens (tertiary/aromatic N) is 1. The molecule has 0 aliphatic rings. The minimum Gasteiger partial charge on any atom is -0.451 e. The van der Waals surface area contributed by atoms with Gasteiger partial charge in [-0.15, -0.1) is 11.3 Å². The van der Waals surface area contributed by atoms with E-state index in [0.717, 1.165) is 26.6 Å². The quantitative estimate of drug-likeness (QED) is 0.323. The highest BCUT2D eigenvalue weighted by molar-refractivity contribution is 7.15. The van der Waals surface area contributed by atoms with E-state index in [2.05, 4.69) is 10.3 Å². The molecule has 30 heavy (non-hydrogen) atoms. The van der Waals surface area contributed by atoms with Crippen molar-refractivity contribution in [2.75, 3.05) is 5.32 Å². The summed E-state index contributed by atoms with van der Waals surface area (Å²) in [5.41, 5.74) is 2.86. The number of aromatic nitrogens is 1. The molecule has 4 aromatic rings. The SMILES string of the molecule is Cc1ccc(Cc2cnc(NC(=O)c3ccc(-c4ccc(Cl)c(Cl)c4)o3)s2)cc1Cl. The lowest BCUT2D eigenvalue weighted by atomic mass is 10.1. The maximum Gasteiger partial charge on any atom is 0.293 e. The number of rotatable bonds is 5. The molecule has 0 fully saturated rings. The molecule has 0 radical (unpaired) electrons. The molecule has 0 unspecified atom stereocenters. The molecule has 4 nitrogen and oxygen atoms in total. The fraction of sp³-hybridized carbons (Fsp3) is 0.0909. The van der Waals surface area contributed by atoms with Gasteiger partial charge in [0.25, 0.3) is 5.91 Å². The molecule has 0 saturated carbocycles. The Morgan fingerprint density at radius 1 is 1.03 bits per heavy atom. The largest absolute Gasteiger partial charge is 0.451 e. The summed E-state index contributed by atoms with van der Waals surface area (Å²) in [6.45, 7) is 1.97. The Kier molecular flexibility index (Phi) is 6.16. The third-order valence-corrected chi connectivity index (χ3v) is 6.48. The highest BCUT2D eigenvalue weighted by Crippen LogP contribution is 2.30. The first-order chi connectivity index (χ1) is 14.4. The minimum atomic E-state index is -0.374. The number of carbonyl (C=O) groups excluding carboxylic acids is 1. The van der Waals surface area contributed by atoms with E-state index >= 15 is 0 Å². The first-order valence-corrected chi connectivity index (χ1v) is 10.9. The molecule has 1 N–H and O–H groups in total. The molecular weight excluding hydrogens is 463 g/mol. The van der Waals surface area contributed by atoms with Crippen molar-refractivity contribution in [3.05, 3.63) is 91.6 Å². The molecule has 0 aliphatic carbocycles. The van der Waals surface area contributed by atoms with Crippen LogP contribution in [0.2, 0.25) is 15.1 Å². The van der Waals surface area contributed by atoms with Gasteiger partial charge in [0.05, 0.1) is 10.0 Å². The average Bonchev–Trinajstić information content (AvgIpc) is 3.37. The summed E-state index contributed by atoms with van der Waals surface area (Å²) in [6, 6.07) is 14.4. The molecule has 2 aromatic heterocycles. The maximum absolute atomic E-state index is 12.5. The molecule has 1 amide bonds. The van der Waals surface area contributed by atoms with Gasteiger partial charge in [0, 0.05) is 28.1 Å². The van der Waals surface area contributed by atoms with Crippen molar-refractivity contribution >= 4 is 57.2 Å². The van der Waals surface area contributed by atoms with Crippen LogP contribution in [0.4, 0.5) is 5.13 Å². The topological polar surface area (TPSA) is 55.1 Å². The third kappa shape index (κ3) is 4.71. The third-order valence-electron chi connectivity index (χ3n) is 4.42. The zero-order valence-electron chi connectivity index (χ0n) is 15.7. The van der Waals surface area contributed by atoms with E-state index < -0.39 is 0 Å². The average molecular weight is 478 g/mol. The molecule has 0 saturated heterocycles. The van der Waals surface area contributed by atoms with Gasteiger partial charge in [-0.2, -0.15) is 0 Å². The van der Waals surface area contributed by atoms with E-state index in [-0.39, 0.29) is 11.7 Å². The van der Waals surface area contributed by atoms with Crippen molar-refractivity contribution in [1.29, 1.82) is 0 Å². The fourth-order valence-corrected chi connectivity index (χ4v) is 4.16. The number of aryl methyl sites for hydroxylation is 1. The fourth-order valence-electron chi connectivity index (χ4n) is 2.82. The summed E-state index contributed by atoms with van der Waals surface area (Å²) in [7, 11) is 0. The van der Waals surface area contributed by atoms with Gasteiger partial charge >= 0.3 is 0 Å². The normalized spacial score (nSPS) is 10.9. The van der Waals surface area contributed by atoms with Gasteiger partial charge in [0.15, 0.2) is 10.9 Å². The minimum absolute atomic E-state index is 0.179. The first kappa shape index (κ1) is 20.9. The Morgan fingerprint density at radius 2 is 1.87 bits per heavy atom. The maximum atomic E-state index is 12.5. The number of benzene rings is 2. The molecule has 8 heteroatoms. The number of hydrogen-bond acceptors (Lipinski definition) is 4. The van der Waals surface area contributed by atoms with Crippen LogP contribution in [0, 0.1) is 6.92 Å². The number of halogens is 3. The number of amides is 1. The van der Waals surface area contributed by atoms with E-state index in [1.165, 1.54) is 11.3 Å². The molecule has 152 valence electrons. The summed E-state index contributed by atoms with van der Waals surface area (Å²) in [6.07, 6.45) is 2.44. The lowest BCUT2D eigenvalue weighted by Crippen LogP contribution is -2.10. The molecule has 0 spiro atoms. The van der Waals surface area contributed by atoms with Crippen LogP contribution in [-0.2, 0) is 6.42 Å². The monoisotopic (exact) mass is 476 g/mol. The Morgan fingerprint density at radius 3 is 2.63 bits per heavy atom. The first-order valence-electron chi connectivity index (χ1n) is 8.95. The Hall–Kier alpha value is -2.31.